The number of benzene rings is 2. The Morgan fingerprint density at radius 2 is 1.77 bits per heavy atom. The van der Waals surface area contributed by atoms with Crippen LogP contribution in [0.3, 0.4) is 0 Å². The van der Waals surface area contributed by atoms with Crippen molar-refractivity contribution in [1.82, 2.24) is 4.90 Å². The van der Waals surface area contributed by atoms with Crippen LogP contribution in [0.15, 0.2) is 48.2 Å². The predicted octanol–water partition coefficient (Wildman–Crippen LogP) is 4.27. The van der Waals surface area contributed by atoms with Crippen LogP contribution in [0.5, 0.6) is 5.75 Å². The van der Waals surface area contributed by atoms with Gasteiger partial charge in [0.2, 0.25) is 0 Å². The second kappa shape index (κ2) is 9.32. The molecular formula is C23H25ClN2O4. The topological polar surface area (TPSA) is 67.9 Å². The number of nitrogens with zero attached hydrogens (tertiary/aromatic N) is 1. The number of hydrogen-bond acceptors (Lipinski definition) is 5. The number of carbonyl (C=O) groups is 2. The minimum absolute atomic E-state index is 0.0392. The summed E-state index contributed by atoms with van der Waals surface area (Å²) in [5.74, 6) is -0.0618. The fourth-order valence-corrected chi connectivity index (χ4v) is 3.37. The highest BCUT2D eigenvalue weighted by Crippen LogP contribution is 2.33. The molecule has 0 aromatic heterocycles. The Morgan fingerprint density at radius 1 is 1.07 bits per heavy atom. The third-order valence-corrected chi connectivity index (χ3v) is 5.14. The molecule has 0 saturated heterocycles. The highest BCUT2D eigenvalue weighted by Gasteiger charge is 2.39. The Balaban J connectivity index is 2.03. The molecule has 1 aliphatic rings. The first-order valence-electron chi connectivity index (χ1n) is 9.72. The molecule has 0 saturated carbocycles. The van der Waals surface area contributed by atoms with E-state index in [1.165, 1.54) is 12.0 Å². The number of imide groups is 1. The summed E-state index contributed by atoms with van der Waals surface area (Å²) in [6, 6.07) is 12.5. The zero-order valence-electron chi connectivity index (χ0n) is 17.5. The van der Waals surface area contributed by atoms with Gasteiger partial charge < -0.3 is 14.8 Å². The van der Waals surface area contributed by atoms with E-state index in [-0.39, 0.29) is 30.9 Å². The summed E-state index contributed by atoms with van der Waals surface area (Å²) in [5, 5.41) is 3.72. The first-order chi connectivity index (χ1) is 14.3. The molecule has 2 amide bonds. The van der Waals surface area contributed by atoms with Crippen LogP contribution < -0.4 is 10.1 Å². The molecule has 3 rings (SSSR count). The van der Waals surface area contributed by atoms with E-state index in [1.807, 2.05) is 26.8 Å². The molecule has 7 heteroatoms. The number of anilines is 1. The molecule has 0 unspecified atom stereocenters. The van der Waals surface area contributed by atoms with E-state index in [0.29, 0.717) is 27.6 Å². The van der Waals surface area contributed by atoms with Gasteiger partial charge in [-0.3, -0.25) is 14.5 Å². The van der Waals surface area contributed by atoms with Gasteiger partial charge in [-0.1, -0.05) is 29.8 Å². The minimum atomic E-state index is -0.395. The predicted molar refractivity (Wildman–Crippen MR) is 118 cm³/mol. The summed E-state index contributed by atoms with van der Waals surface area (Å²) in [4.78, 5) is 27.4. The van der Waals surface area contributed by atoms with Gasteiger partial charge in [-0.15, -0.1) is 0 Å². The van der Waals surface area contributed by atoms with E-state index < -0.39 is 5.91 Å². The molecule has 0 atom stereocenters. The van der Waals surface area contributed by atoms with E-state index >= 15 is 0 Å². The van der Waals surface area contributed by atoms with Gasteiger partial charge in [-0.05, 0) is 56.2 Å². The number of nitrogens with one attached hydrogen (secondary N) is 1. The SMILES string of the molecule is COCCN1C(=O)C(Nc2cccc(Cl)c2C)=C(c2ccc(OC(C)C)cc2)C1=O. The summed E-state index contributed by atoms with van der Waals surface area (Å²) in [7, 11) is 1.53. The third-order valence-electron chi connectivity index (χ3n) is 4.73. The molecule has 0 spiro atoms. The van der Waals surface area contributed by atoms with Crippen LogP contribution in [-0.2, 0) is 14.3 Å². The fraction of sp³-hybridized carbons (Fsp3) is 0.304. The second-order valence-corrected chi connectivity index (χ2v) is 7.64. The van der Waals surface area contributed by atoms with Crippen LogP contribution in [0.1, 0.15) is 25.0 Å². The van der Waals surface area contributed by atoms with Crippen molar-refractivity contribution in [1.29, 1.82) is 0 Å². The van der Waals surface area contributed by atoms with Crippen molar-refractivity contribution >= 4 is 34.7 Å². The molecular weight excluding hydrogens is 404 g/mol. The lowest BCUT2D eigenvalue weighted by Crippen LogP contribution is -2.35. The van der Waals surface area contributed by atoms with Crippen LogP contribution in [-0.4, -0.2) is 43.1 Å². The van der Waals surface area contributed by atoms with Crippen molar-refractivity contribution in [3.8, 4) is 5.75 Å². The molecule has 6 nitrogen and oxygen atoms in total. The zero-order valence-corrected chi connectivity index (χ0v) is 18.2. The average Bonchev–Trinajstić information content (AvgIpc) is 2.93. The molecule has 30 heavy (non-hydrogen) atoms. The third kappa shape index (κ3) is 4.50. The van der Waals surface area contributed by atoms with Crippen LogP contribution in [0.4, 0.5) is 5.69 Å². The summed E-state index contributed by atoms with van der Waals surface area (Å²) in [6.45, 7) is 6.17. The Hall–Kier alpha value is -2.83. The van der Waals surface area contributed by atoms with Crippen LogP contribution in [0.2, 0.25) is 5.02 Å². The zero-order chi connectivity index (χ0) is 21.8. The summed E-state index contributed by atoms with van der Waals surface area (Å²) in [5.41, 5.74) is 2.63. The van der Waals surface area contributed by atoms with Gasteiger partial charge in [-0.25, -0.2) is 0 Å². The molecule has 0 radical (unpaired) electrons. The van der Waals surface area contributed by atoms with Crippen molar-refractivity contribution in [2.75, 3.05) is 25.6 Å². The second-order valence-electron chi connectivity index (χ2n) is 7.23. The van der Waals surface area contributed by atoms with E-state index in [9.17, 15) is 9.59 Å². The lowest BCUT2D eigenvalue weighted by atomic mass is 10.0. The molecule has 0 aliphatic carbocycles. The number of ether oxygens (including phenoxy) is 2. The molecule has 2 aromatic rings. The van der Waals surface area contributed by atoms with Gasteiger partial charge in [0.15, 0.2) is 0 Å². The van der Waals surface area contributed by atoms with Crippen molar-refractivity contribution < 1.29 is 19.1 Å². The summed E-state index contributed by atoms with van der Waals surface area (Å²) in [6.07, 6.45) is 0.0392. The minimum Gasteiger partial charge on any atom is -0.491 e. The van der Waals surface area contributed by atoms with Crippen molar-refractivity contribution in [3.63, 3.8) is 0 Å². The Morgan fingerprint density at radius 3 is 2.40 bits per heavy atom. The largest absolute Gasteiger partial charge is 0.491 e. The number of hydrogen-bond donors (Lipinski definition) is 1. The van der Waals surface area contributed by atoms with E-state index in [2.05, 4.69) is 5.32 Å². The van der Waals surface area contributed by atoms with Gasteiger partial charge in [0.1, 0.15) is 11.4 Å². The van der Waals surface area contributed by atoms with Crippen molar-refractivity contribution in [2.45, 2.75) is 26.9 Å². The average molecular weight is 429 g/mol. The van der Waals surface area contributed by atoms with Crippen molar-refractivity contribution in [3.05, 3.63) is 64.3 Å². The lowest BCUT2D eigenvalue weighted by Gasteiger charge is -2.15. The number of halogens is 1. The highest BCUT2D eigenvalue weighted by molar-refractivity contribution is 6.36. The van der Waals surface area contributed by atoms with Gasteiger partial charge >= 0.3 is 0 Å². The van der Waals surface area contributed by atoms with Crippen LogP contribution in [0.25, 0.3) is 5.57 Å². The molecule has 1 N–H and O–H groups in total. The fourth-order valence-electron chi connectivity index (χ4n) is 3.20. The molecule has 1 heterocycles. The number of carbonyl (C=O) groups excluding carboxylic acids is 2. The first kappa shape index (κ1) is 21.9. The van der Waals surface area contributed by atoms with Gasteiger partial charge in [-0.2, -0.15) is 0 Å². The first-order valence-corrected chi connectivity index (χ1v) is 10.1. The monoisotopic (exact) mass is 428 g/mol. The highest BCUT2D eigenvalue weighted by atomic mass is 35.5. The lowest BCUT2D eigenvalue weighted by molar-refractivity contribution is -0.137. The Labute approximate surface area is 181 Å². The molecule has 1 aliphatic heterocycles. The smallest absolute Gasteiger partial charge is 0.278 e. The maximum absolute atomic E-state index is 13.1. The van der Waals surface area contributed by atoms with Crippen LogP contribution >= 0.6 is 11.6 Å². The maximum atomic E-state index is 13.1. The van der Waals surface area contributed by atoms with E-state index in [1.54, 1.807) is 36.4 Å². The standard InChI is InChI=1S/C23H25ClN2O4/c1-14(2)30-17-10-8-16(9-11-17)20-21(23(28)26(22(20)27)12-13-29-4)25-19-7-5-6-18(24)15(19)3/h5-11,14,25H,12-13H2,1-4H3. The molecule has 2 aromatic carbocycles. The Kier molecular flexibility index (Phi) is 6.80. The normalized spacial score (nSPS) is 14.1. The molecule has 158 valence electrons. The Bertz CT molecular complexity index is 983. The molecule has 0 bridgehead atoms. The summed E-state index contributed by atoms with van der Waals surface area (Å²) >= 11 is 6.23. The van der Waals surface area contributed by atoms with Gasteiger partial charge in [0.05, 0.1) is 24.8 Å². The number of methoxy groups -OCH3 is 1. The van der Waals surface area contributed by atoms with Crippen LogP contribution in [0, 0.1) is 6.92 Å². The molecule has 0 fully saturated rings. The maximum Gasteiger partial charge on any atom is 0.278 e. The number of amides is 2. The number of rotatable bonds is 8. The van der Waals surface area contributed by atoms with E-state index in [4.69, 9.17) is 21.1 Å². The quantitative estimate of drug-likeness (QED) is 0.636. The summed E-state index contributed by atoms with van der Waals surface area (Å²) < 4.78 is 10.7. The van der Waals surface area contributed by atoms with Crippen molar-refractivity contribution in [2.24, 2.45) is 0 Å². The van der Waals surface area contributed by atoms with Gasteiger partial charge in [0, 0.05) is 17.8 Å². The van der Waals surface area contributed by atoms with E-state index in [0.717, 1.165) is 5.56 Å². The van der Waals surface area contributed by atoms with Gasteiger partial charge in [0.25, 0.3) is 11.8 Å².